The van der Waals surface area contributed by atoms with Crippen LogP contribution in [0.5, 0.6) is 0 Å². The highest BCUT2D eigenvalue weighted by Crippen LogP contribution is 2.05. The third kappa shape index (κ3) is 1.46. The summed E-state index contributed by atoms with van der Waals surface area (Å²) in [6.07, 6.45) is 4.74. The first-order chi connectivity index (χ1) is 3.93. The smallest absolute Gasteiger partial charge is 0.0575 e. The fourth-order valence-corrected chi connectivity index (χ4v) is 0.904. The zero-order valence-electron chi connectivity index (χ0n) is 5.26. The molecule has 0 bridgehead atoms. The van der Waals surface area contributed by atoms with Crippen LogP contribution in [0, 0.1) is 6.42 Å². The largest absolute Gasteiger partial charge is 0.302 e. The Balaban J connectivity index is 2.13. The number of hydroxylamine groups is 2. The molecule has 2 nitrogen and oxygen atoms in total. The van der Waals surface area contributed by atoms with E-state index in [-0.39, 0.29) is 0 Å². The molecule has 1 heterocycles. The van der Waals surface area contributed by atoms with Gasteiger partial charge in [0.2, 0.25) is 0 Å². The van der Waals surface area contributed by atoms with Gasteiger partial charge in [0.15, 0.2) is 0 Å². The van der Waals surface area contributed by atoms with Crippen molar-refractivity contribution in [2.75, 3.05) is 20.2 Å². The molecule has 1 rings (SSSR count). The van der Waals surface area contributed by atoms with Gasteiger partial charge in [-0.3, -0.25) is 0 Å². The van der Waals surface area contributed by atoms with Gasteiger partial charge in [-0.25, -0.2) is 0 Å². The molecular weight excluding hydrogens is 102 g/mol. The summed E-state index contributed by atoms with van der Waals surface area (Å²) in [5.41, 5.74) is 0. The predicted octanol–water partition coefficient (Wildman–Crippen LogP) is 0.848. The quantitative estimate of drug-likeness (QED) is 0.501. The van der Waals surface area contributed by atoms with Gasteiger partial charge in [-0.05, 0) is 19.3 Å². The highest BCUT2D eigenvalue weighted by Gasteiger charge is 2.07. The Kier molecular flexibility index (Phi) is 2.30. The van der Waals surface area contributed by atoms with Crippen LogP contribution in [0.15, 0.2) is 0 Å². The summed E-state index contributed by atoms with van der Waals surface area (Å²) in [7, 11) is 1.72. The van der Waals surface area contributed by atoms with Gasteiger partial charge in [0.1, 0.15) is 0 Å². The minimum absolute atomic E-state index is 0.997. The van der Waals surface area contributed by atoms with Crippen molar-refractivity contribution in [3.63, 3.8) is 0 Å². The number of hydrogen-bond acceptors (Lipinski definition) is 2. The zero-order chi connectivity index (χ0) is 5.82. The van der Waals surface area contributed by atoms with Crippen molar-refractivity contribution < 1.29 is 4.84 Å². The van der Waals surface area contributed by atoms with Gasteiger partial charge in [-0.15, -0.1) is 0 Å². The maximum absolute atomic E-state index is 4.99. The molecule has 0 atom stereocenters. The van der Waals surface area contributed by atoms with Crippen LogP contribution in [-0.2, 0) is 4.84 Å². The van der Waals surface area contributed by atoms with Crippen LogP contribution in [-0.4, -0.2) is 25.3 Å². The Bertz CT molecular complexity index is 59.5. The summed E-state index contributed by atoms with van der Waals surface area (Å²) < 4.78 is 0. The number of piperidine rings is 1. The van der Waals surface area contributed by atoms with Crippen molar-refractivity contribution in [3.8, 4) is 0 Å². The molecule has 0 spiro atoms. The average Bonchev–Trinajstić information content (AvgIpc) is 1.90. The lowest BCUT2D eigenvalue weighted by Crippen LogP contribution is -2.28. The molecule has 0 N–H and O–H groups in total. The van der Waals surface area contributed by atoms with E-state index in [0.717, 1.165) is 13.1 Å². The second-order valence-corrected chi connectivity index (χ2v) is 2.00. The van der Waals surface area contributed by atoms with E-state index >= 15 is 0 Å². The van der Waals surface area contributed by atoms with Crippen LogP contribution in [0.4, 0.5) is 0 Å². The molecule has 0 aliphatic carbocycles. The Morgan fingerprint density at radius 1 is 1.62 bits per heavy atom. The van der Waals surface area contributed by atoms with Crippen molar-refractivity contribution in [1.82, 2.24) is 5.06 Å². The first kappa shape index (κ1) is 6.05. The van der Waals surface area contributed by atoms with E-state index < -0.39 is 0 Å². The molecule has 2 heteroatoms. The van der Waals surface area contributed by atoms with Gasteiger partial charge in [0.05, 0.1) is 7.11 Å². The van der Waals surface area contributed by atoms with Gasteiger partial charge < -0.3 is 4.84 Å². The molecular formula is C6H12NO. The molecule has 0 aromatic carbocycles. The molecule has 47 valence electrons. The van der Waals surface area contributed by atoms with Crippen LogP contribution in [0.1, 0.15) is 12.8 Å². The molecule has 1 aliphatic rings. The van der Waals surface area contributed by atoms with Gasteiger partial charge >= 0.3 is 0 Å². The summed E-state index contributed by atoms with van der Waals surface area (Å²) >= 11 is 0. The summed E-state index contributed by atoms with van der Waals surface area (Å²) in [6, 6.07) is 0. The maximum Gasteiger partial charge on any atom is 0.0575 e. The van der Waals surface area contributed by atoms with Gasteiger partial charge in [-0.2, -0.15) is 5.06 Å². The second-order valence-electron chi connectivity index (χ2n) is 2.00. The molecule has 1 saturated heterocycles. The number of nitrogens with zero attached hydrogens (tertiary/aromatic N) is 1. The van der Waals surface area contributed by atoms with Crippen LogP contribution in [0.3, 0.4) is 0 Å². The highest BCUT2D eigenvalue weighted by molar-refractivity contribution is 4.72. The van der Waals surface area contributed by atoms with E-state index in [1.807, 2.05) is 5.06 Å². The molecule has 0 saturated carbocycles. The molecule has 8 heavy (non-hydrogen) atoms. The standard InChI is InChI=1S/C6H12NO/c1-8-7-5-3-2-4-6-7/h3H,2,4-6H2,1H3. The van der Waals surface area contributed by atoms with E-state index in [9.17, 15) is 0 Å². The summed E-state index contributed by atoms with van der Waals surface area (Å²) in [4.78, 5) is 4.99. The summed E-state index contributed by atoms with van der Waals surface area (Å²) in [5.74, 6) is 0. The normalized spacial score (nSPS) is 23.6. The van der Waals surface area contributed by atoms with Gasteiger partial charge in [-0.1, -0.05) is 0 Å². The third-order valence-electron chi connectivity index (χ3n) is 1.41. The molecule has 0 aromatic heterocycles. The molecule has 0 aromatic rings. The highest BCUT2D eigenvalue weighted by atomic mass is 16.7. The molecule has 0 amide bonds. The maximum atomic E-state index is 4.99. The fraction of sp³-hybridized carbons (Fsp3) is 0.833. The van der Waals surface area contributed by atoms with Crippen molar-refractivity contribution in [2.45, 2.75) is 12.8 Å². The van der Waals surface area contributed by atoms with E-state index in [0.29, 0.717) is 0 Å². The number of hydrogen-bond donors (Lipinski definition) is 0. The molecule has 1 fully saturated rings. The van der Waals surface area contributed by atoms with Crippen molar-refractivity contribution in [2.24, 2.45) is 0 Å². The topological polar surface area (TPSA) is 12.5 Å². The van der Waals surface area contributed by atoms with Gasteiger partial charge in [0.25, 0.3) is 0 Å². The van der Waals surface area contributed by atoms with Crippen LogP contribution >= 0.6 is 0 Å². The first-order valence-corrected chi connectivity index (χ1v) is 3.04. The minimum atomic E-state index is 0.997. The lowest BCUT2D eigenvalue weighted by molar-refractivity contribution is -0.132. The van der Waals surface area contributed by atoms with Crippen molar-refractivity contribution >= 4 is 0 Å². The van der Waals surface area contributed by atoms with Crippen LogP contribution in [0.2, 0.25) is 0 Å². The zero-order valence-corrected chi connectivity index (χ0v) is 5.26. The van der Waals surface area contributed by atoms with E-state index in [1.54, 1.807) is 7.11 Å². The third-order valence-corrected chi connectivity index (χ3v) is 1.41. The SMILES string of the molecule is CON1C[CH]CCC1. The van der Waals surface area contributed by atoms with E-state index in [2.05, 4.69) is 6.42 Å². The summed E-state index contributed by atoms with van der Waals surface area (Å²) in [6.45, 7) is 2.09. The monoisotopic (exact) mass is 114 g/mol. The van der Waals surface area contributed by atoms with Crippen molar-refractivity contribution in [1.29, 1.82) is 0 Å². The number of rotatable bonds is 1. The van der Waals surface area contributed by atoms with Crippen LogP contribution in [0.25, 0.3) is 0 Å². The van der Waals surface area contributed by atoms with Gasteiger partial charge in [0, 0.05) is 13.1 Å². The van der Waals surface area contributed by atoms with Crippen LogP contribution < -0.4 is 0 Å². The minimum Gasteiger partial charge on any atom is -0.302 e. The Morgan fingerprint density at radius 3 is 2.88 bits per heavy atom. The fourth-order valence-electron chi connectivity index (χ4n) is 0.904. The van der Waals surface area contributed by atoms with E-state index in [1.165, 1.54) is 12.8 Å². The molecule has 1 radical (unpaired) electrons. The lowest BCUT2D eigenvalue weighted by atomic mass is 10.2. The first-order valence-electron chi connectivity index (χ1n) is 3.04. The average molecular weight is 114 g/mol. The Morgan fingerprint density at radius 2 is 2.50 bits per heavy atom. The summed E-state index contributed by atoms with van der Waals surface area (Å²) in [5, 5.41) is 1.96. The molecule has 1 aliphatic heterocycles. The Hall–Kier alpha value is -0.0800. The predicted molar refractivity (Wildman–Crippen MR) is 32.1 cm³/mol. The van der Waals surface area contributed by atoms with Crippen molar-refractivity contribution in [3.05, 3.63) is 6.42 Å². The second kappa shape index (κ2) is 3.05. The lowest BCUT2D eigenvalue weighted by Gasteiger charge is -2.22. The van der Waals surface area contributed by atoms with E-state index in [4.69, 9.17) is 4.84 Å². The molecule has 0 unspecified atom stereocenters. The Labute approximate surface area is 50.4 Å².